The summed E-state index contributed by atoms with van der Waals surface area (Å²) in [5, 5.41) is 21.0. The summed E-state index contributed by atoms with van der Waals surface area (Å²) in [6, 6.07) is 6.87. The van der Waals surface area contributed by atoms with Crippen LogP contribution >= 0.6 is 23.1 Å². The Hall–Kier alpha value is -1.32. The second-order valence-corrected chi connectivity index (χ2v) is 9.38. The summed E-state index contributed by atoms with van der Waals surface area (Å²) in [5.74, 6) is 3.47. The lowest BCUT2D eigenvalue weighted by molar-refractivity contribution is 0.235. The number of nitrogens with zero attached hydrogens (tertiary/aromatic N) is 4. The highest BCUT2D eigenvalue weighted by Gasteiger charge is 2.43. The van der Waals surface area contributed by atoms with Gasteiger partial charge >= 0.3 is 0 Å². The van der Waals surface area contributed by atoms with Crippen molar-refractivity contribution in [2.75, 3.05) is 0 Å². The van der Waals surface area contributed by atoms with E-state index in [1.54, 1.807) is 11.3 Å². The summed E-state index contributed by atoms with van der Waals surface area (Å²) in [6.07, 6.45) is 5.54. The van der Waals surface area contributed by atoms with Gasteiger partial charge in [0.15, 0.2) is 11.0 Å². The number of thioether (sulfide) groups is 1. The number of nitriles is 1. The molecule has 0 saturated heterocycles. The molecule has 0 aromatic carbocycles. The van der Waals surface area contributed by atoms with E-state index in [1.165, 1.54) is 37.4 Å². The van der Waals surface area contributed by atoms with Crippen LogP contribution in [0.5, 0.6) is 0 Å². The molecule has 2 bridgehead atoms. The number of fused-ring (bicyclic) bond motifs is 2. The minimum atomic E-state index is -0.114. The summed E-state index contributed by atoms with van der Waals surface area (Å²) >= 11 is 3.23. The van der Waals surface area contributed by atoms with Gasteiger partial charge in [-0.15, -0.1) is 21.5 Å². The first-order valence-electron chi connectivity index (χ1n) is 8.72. The number of rotatable bonds is 5. The third kappa shape index (κ3) is 2.78. The van der Waals surface area contributed by atoms with Crippen LogP contribution in [0.15, 0.2) is 22.7 Å². The Balaban J connectivity index is 1.71. The van der Waals surface area contributed by atoms with E-state index in [1.807, 2.05) is 6.92 Å². The number of aromatic nitrogens is 3. The van der Waals surface area contributed by atoms with E-state index < -0.39 is 0 Å². The molecule has 0 aliphatic heterocycles. The van der Waals surface area contributed by atoms with E-state index in [4.69, 9.17) is 0 Å². The zero-order valence-corrected chi connectivity index (χ0v) is 15.7. The van der Waals surface area contributed by atoms with Crippen LogP contribution in [0.4, 0.5) is 0 Å². The van der Waals surface area contributed by atoms with Crippen LogP contribution < -0.4 is 0 Å². The molecular formula is C18H22N4S2. The average Bonchev–Trinajstić information content (AvgIpc) is 3.35. The second-order valence-electron chi connectivity index (χ2n) is 7.12. The highest BCUT2D eigenvalue weighted by molar-refractivity contribution is 8.00. The minimum Gasteiger partial charge on any atom is -0.298 e. The molecule has 2 aromatic rings. The molecule has 5 unspecified atom stereocenters. The summed E-state index contributed by atoms with van der Waals surface area (Å²) in [7, 11) is 0. The molecule has 0 radical (unpaired) electrons. The van der Waals surface area contributed by atoms with Crippen molar-refractivity contribution in [3.8, 4) is 16.8 Å². The fourth-order valence-corrected chi connectivity index (χ4v) is 6.09. The van der Waals surface area contributed by atoms with E-state index >= 15 is 0 Å². The van der Waals surface area contributed by atoms with Gasteiger partial charge in [0.05, 0.1) is 16.2 Å². The van der Waals surface area contributed by atoms with Crippen molar-refractivity contribution in [3.63, 3.8) is 0 Å². The van der Waals surface area contributed by atoms with Gasteiger partial charge in [0.25, 0.3) is 0 Å². The fraction of sp³-hybridized carbons (Fsp3) is 0.611. The maximum Gasteiger partial charge on any atom is 0.193 e. The topological polar surface area (TPSA) is 54.5 Å². The molecule has 2 aromatic heterocycles. The Labute approximate surface area is 151 Å². The van der Waals surface area contributed by atoms with E-state index in [0.29, 0.717) is 6.04 Å². The van der Waals surface area contributed by atoms with Crippen molar-refractivity contribution >= 4 is 23.1 Å². The van der Waals surface area contributed by atoms with Crippen molar-refractivity contribution in [1.82, 2.24) is 14.8 Å². The minimum absolute atomic E-state index is 0.114. The van der Waals surface area contributed by atoms with Crippen molar-refractivity contribution < 1.29 is 0 Å². The van der Waals surface area contributed by atoms with Crippen LogP contribution in [0.25, 0.3) is 10.7 Å². The third-order valence-electron chi connectivity index (χ3n) is 5.69. The zero-order chi connectivity index (χ0) is 16.7. The van der Waals surface area contributed by atoms with E-state index in [-0.39, 0.29) is 5.25 Å². The van der Waals surface area contributed by atoms with Crippen molar-refractivity contribution in [2.24, 2.45) is 17.8 Å². The Bertz CT molecular complexity index is 746. The van der Waals surface area contributed by atoms with Crippen molar-refractivity contribution in [3.05, 3.63) is 17.5 Å². The SMILES string of the molecule is CC(C#N)Sc1nnc(-c2cccs2)n1C(C)C1CC2CCC1C2. The number of thiophene rings is 1. The molecule has 2 heterocycles. The zero-order valence-electron chi connectivity index (χ0n) is 14.1. The van der Waals surface area contributed by atoms with Crippen LogP contribution in [0.1, 0.15) is 45.6 Å². The quantitative estimate of drug-likeness (QED) is 0.705. The maximum absolute atomic E-state index is 9.19. The Morgan fingerprint density at radius 1 is 1.33 bits per heavy atom. The van der Waals surface area contributed by atoms with E-state index in [2.05, 4.69) is 45.3 Å². The van der Waals surface area contributed by atoms with Gasteiger partial charge in [-0.1, -0.05) is 24.2 Å². The van der Waals surface area contributed by atoms with Crippen LogP contribution in [-0.2, 0) is 0 Å². The van der Waals surface area contributed by atoms with E-state index in [9.17, 15) is 5.26 Å². The lowest BCUT2D eigenvalue weighted by atomic mass is 9.84. The van der Waals surface area contributed by atoms with Gasteiger partial charge in [-0.3, -0.25) is 4.57 Å². The third-order valence-corrected chi connectivity index (χ3v) is 7.50. The van der Waals surface area contributed by atoms with Crippen LogP contribution in [0.2, 0.25) is 0 Å². The monoisotopic (exact) mass is 358 g/mol. The highest BCUT2D eigenvalue weighted by atomic mass is 32.2. The largest absolute Gasteiger partial charge is 0.298 e. The average molecular weight is 359 g/mol. The molecular weight excluding hydrogens is 336 g/mol. The Morgan fingerprint density at radius 2 is 2.21 bits per heavy atom. The summed E-state index contributed by atoms with van der Waals surface area (Å²) in [6.45, 7) is 4.25. The molecule has 0 spiro atoms. The van der Waals surface area contributed by atoms with Gasteiger partial charge in [-0.25, -0.2) is 0 Å². The van der Waals surface area contributed by atoms with Crippen LogP contribution in [-0.4, -0.2) is 20.0 Å². The van der Waals surface area contributed by atoms with Crippen LogP contribution in [0, 0.1) is 29.1 Å². The molecule has 6 heteroatoms. The summed E-state index contributed by atoms with van der Waals surface area (Å²) in [5.41, 5.74) is 0. The molecule has 2 saturated carbocycles. The molecule has 126 valence electrons. The predicted octanol–water partition coefficient (Wildman–Crippen LogP) is 5.01. The molecule has 4 rings (SSSR count). The summed E-state index contributed by atoms with van der Waals surface area (Å²) < 4.78 is 2.32. The highest BCUT2D eigenvalue weighted by Crippen LogP contribution is 2.53. The number of hydrogen-bond donors (Lipinski definition) is 0. The lowest BCUT2D eigenvalue weighted by Crippen LogP contribution is -2.23. The standard InChI is InChI=1S/C18H22N4S2/c1-11(10-19)24-18-21-20-17(16-4-3-7-23-16)22(18)12(2)15-9-13-5-6-14(15)8-13/h3-4,7,11-15H,5-6,8-9H2,1-2H3. The van der Waals surface area contributed by atoms with Crippen molar-refractivity contribution in [2.45, 2.75) is 56.0 Å². The summed E-state index contributed by atoms with van der Waals surface area (Å²) in [4.78, 5) is 1.16. The maximum atomic E-state index is 9.19. The second kappa shape index (κ2) is 6.53. The smallest absolute Gasteiger partial charge is 0.193 e. The molecule has 4 nitrogen and oxygen atoms in total. The van der Waals surface area contributed by atoms with Gasteiger partial charge in [-0.05, 0) is 62.3 Å². The molecule has 0 N–H and O–H groups in total. The molecule has 2 aliphatic carbocycles. The lowest BCUT2D eigenvalue weighted by Gasteiger charge is -2.30. The molecule has 0 amide bonds. The first kappa shape index (κ1) is 16.2. The molecule has 5 atom stereocenters. The fourth-order valence-electron chi connectivity index (χ4n) is 4.56. The Kier molecular flexibility index (Phi) is 4.40. The van der Waals surface area contributed by atoms with Crippen molar-refractivity contribution in [1.29, 1.82) is 5.26 Å². The molecule has 24 heavy (non-hydrogen) atoms. The first-order valence-corrected chi connectivity index (χ1v) is 10.5. The molecule has 2 aliphatic rings. The molecule has 2 fully saturated rings. The van der Waals surface area contributed by atoms with E-state index in [0.717, 1.165) is 33.6 Å². The van der Waals surface area contributed by atoms with Crippen LogP contribution in [0.3, 0.4) is 0 Å². The van der Waals surface area contributed by atoms with Gasteiger partial charge in [-0.2, -0.15) is 5.26 Å². The normalized spacial score (nSPS) is 28.0. The van der Waals surface area contributed by atoms with Gasteiger partial charge in [0, 0.05) is 6.04 Å². The van der Waals surface area contributed by atoms with Gasteiger partial charge in [0.2, 0.25) is 0 Å². The van der Waals surface area contributed by atoms with Gasteiger partial charge in [0.1, 0.15) is 0 Å². The number of hydrogen-bond acceptors (Lipinski definition) is 5. The predicted molar refractivity (Wildman–Crippen MR) is 97.9 cm³/mol. The Morgan fingerprint density at radius 3 is 2.83 bits per heavy atom. The van der Waals surface area contributed by atoms with Gasteiger partial charge < -0.3 is 0 Å². The first-order chi connectivity index (χ1) is 11.7.